The molecule has 0 aromatic rings. The van der Waals surface area contributed by atoms with Gasteiger partial charge in [-0.15, -0.1) is 0 Å². The molecule has 2 aliphatic rings. The van der Waals surface area contributed by atoms with Crippen molar-refractivity contribution in [3.8, 4) is 0 Å². The number of hydrogen-bond acceptors (Lipinski definition) is 1. The Hall–Kier alpha value is -0.0400. The summed E-state index contributed by atoms with van der Waals surface area (Å²) in [5.74, 6) is 0. The summed E-state index contributed by atoms with van der Waals surface area (Å²) < 4.78 is 0. The van der Waals surface area contributed by atoms with E-state index in [2.05, 4.69) is 25.8 Å². The predicted molar refractivity (Wildman–Crippen MR) is 54.4 cm³/mol. The van der Waals surface area contributed by atoms with Crippen LogP contribution in [0, 0.1) is 0 Å². The maximum Gasteiger partial charge on any atom is 0.00957 e. The molecule has 2 fully saturated rings. The highest BCUT2D eigenvalue weighted by Gasteiger charge is 2.33. The predicted octanol–water partition coefficient (Wildman–Crippen LogP) is 3.05. The van der Waals surface area contributed by atoms with Gasteiger partial charge < -0.3 is 4.90 Å². The summed E-state index contributed by atoms with van der Waals surface area (Å²) in [6, 6.07) is 1.92. The second-order valence-electron chi connectivity index (χ2n) is 4.19. The van der Waals surface area contributed by atoms with Gasteiger partial charge >= 0.3 is 0 Å². The largest absolute Gasteiger partial charge is 0.300 e. The molecule has 1 heteroatoms. The Morgan fingerprint density at radius 2 is 1.42 bits per heavy atom. The van der Waals surface area contributed by atoms with Crippen molar-refractivity contribution in [3.05, 3.63) is 0 Å². The molecule has 0 aromatic heterocycles. The van der Waals surface area contributed by atoms with E-state index in [0.29, 0.717) is 0 Å². The molecule has 2 atom stereocenters. The first-order valence-electron chi connectivity index (χ1n) is 5.51. The van der Waals surface area contributed by atoms with E-state index in [4.69, 9.17) is 0 Å². The van der Waals surface area contributed by atoms with Crippen LogP contribution in [-0.4, -0.2) is 24.0 Å². The van der Waals surface area contributed by atoms with Crippen LogP contribution in [0.25, 0.3) is 0 Å². The Balaban J connectivity index is 0.000000213. The average Bonchev–Trinajstić information content (AvgIpc) is 2.32. The van der Waals surface area contributed by atoms with Crippen molar-refractivity contribution in [1.82, 2.24) is 4.90 Å². The fourth-order valence-corrected chi connectivity index (χ4v) is 2.38. The van der Waals surface area contributed by atoms with Crippen LogP contribution in [0.1, 0.15) is 52.4 Å². The molecule has 2 saturated heterocycles. The van der Waals surface area contributed by atoms with Gasteiger partial charge in [-0.1, -0.05) is 26.7 Å². The van der Waals surface area contributed by atoms with Crippen molar-refractivity contribution >= 4 is 0 Å². The van der Waals surface area contributed by atoms with Crippen LogP contribution >= 0.6 is 0 Å². The maximum absolute atomic E-state index is 2.59. The second-order valence-corrected chi connectivity index (χ2v) is 4.19. The molecule has 72 valence electrons. The number of rotatable bonds is 0. The standard InChI is InChI=1S/C8H15N.C3H8/c1-9-7-3-2-4-8(9)6-5-7;1-3-2/h7-8H,2-6H2,1H3;3H2,1-2H3. The zero-order valence-corrected chi connectivity index (χ0v) is 8.84. The van der Waals surface area contributed by atoms with Gasteiger partial charge in [-0.2, -0.15) is 0 Å². The molecular weight excluding hydrogens is 146 g/mol. The van der Waals surface area contributed by atoms with E-state index >= 15 is 0 Å². The minimum absolute atomic E-state index is 0.962. The Kier molecular flexibility index (Phi) is 4.07. The van der Waals surface area contributed by atoms with Crippen molar-refractivity contribution in [3.63, 3.8) is 0 Å². The number of hydrogen-bond donors (Lipinski definition) is 0. The zero-order valence-electron chi connectivity index (χ0n) is 8.84. The molecule has 1 nitrogen and oxygen atoms in total. The summed E-state index contributed by atoms with van der Waals surface area (Å²) in [4.78, 5) is 2.59. The molecule has 0 saturated carbocycles. The van der Waals surface area contributed by atoms with Crippen LogP contribution in [0.5, 0.6) is 0 Å². The first-order valence-corrected chi connectivity index (χ1v) is 5.51. The highest BCUT2D eigenvalue weighted by atomic mass is 15.2. The zero-order chi connectivity index (χ0) is 8.97. The van der Waals surface area contributed by atoms with Crippen LogP contribution in [0.15, 0.2) is 0 Å². The Bertz CT molecular complexity index is 106. The van der Waals surface area contributed by atoms with Crippen LogP contribution in [-0.2, 0) is 0 Å². The van der Waals surface area contributed by atoms with E-state index in [-0.39, 0.29) is 0 Å². The van der Waals surface area contributed by atoms with Crippen molar-refractivity contribution < 1.29 is 0 Å². The molecule has 2 heterocycles. The molecular formula is C11H23N. The lowest BCUT2D eigenvalue weighted by Crippen LogP contribution is -2.35. The minimum atomic E-state index is 0.962. The Morgan fingerprint density at radius 1 is 1.00 bits per heavy atom. The van der Waals surface area contributed by atoms with Crippen LogP contribution in [0.4, 0.5) is 0 Å². The molecule has 0 radical (unpaired) electrons. The highest BCUT2D eigenvalue weighted by molar-refractivity contribution is 4.89. The summed E-state index contributed by atoms with van der Waals surface area (Å²) in [7, 11) is 2.29. The first kappa shape index (κ1) is 10.0. The average molecular weight is 169 g/mol. The lowest BCUT2D eigenvalue weighted by molar-refractivity contribution is 0.179. The van der Waals surface area contributed by atoms with E-state index in [1.807, 2.05) is 0 Å². The SMILES string of the molecule is CCC.CN1C2CCCC1CC2. The summed E-state index contributed by atoms with van der Waals surface area (Å²) in [5.41, 5.74) is 0. The van der Waals surface area contributed by atoms with Gasteiger partial charge in [0.05, 0.1) is 0 Å². The highest BCUT2D eigenvalue weighted by Crippen LogP contribution is 2.33. The Morgan fingerprint density at radius 3 is 1.75 bits per heavy atom. The van der Waals surface area contributed by atoms with Gasteiger partial charge in [0.1, 0.15) is 0 Å². The molecule has 0 aromatic carbocycles. The van der Waals surface area contributed by atoms with Crippen molar-refractivity contribution in [1.29, 1.82) is 0 Å². The van der Waals surface area contributed by atoms with Crippen LogP contribution in [0.3, 0.4) is 0 Å². The number of piperidine rings is 1. The van der Waals surface area contributed by atoms with E-state index in [1.165, 1.54) is 38.5 Å². The lowest BCUT2D eigenvalue weighted by atomic mass is 10.0. The summed E-state index contributed by atoms with van der Waals surface area (Å²) >= 11 is 0. The molecule has 0 aliphatic carbocycles. The smallest absolute Gasteiger partial charge is 0.00957 e. The fourth-order valence-electron chi connectivity index (χ4n) is 2.38. The van der Waals surface area contributed by atoms with Gasteiger partial charge in [0.15, 0.2) is 0 Å². The van der Waals surface area contributed by atoms with Gasteiger partial charge in [0, 0.05) is 12.1 Å². The molecule has 0 N–H and O–H groups in total. The monoisotopic (exact) mass is 169 g/mol. The fraction of sp³-hybridized carbons (Fsp3) is 1.00. The van der Waals surface area contributed by atoms with Gasteiger partial charge in [-0.3, -0.25) is 0 Å². The van der Waals surface area contributed by atoms with E-state index in [9.17, 15) is 0 Å². The van der Waals surface area contributed by atoms with Gasteiger partial charge in [0.2, 0.25) is 0 Å². The molecule has 2 bridgehead atoms. The van der Waals surface area contributed by atoms with Crippen LogP contribution in [0.2, 0.25) is 0 Å². The third-order valence-corrected chi connectivity index (χ3v) is 3.06. The Labute approximate surface area is 77.1 Å². The van der Waals surface area contributed by atoms with Crippen molar-refractivity contribution in [2.75, 3.05) is 7.05 Å². The normalized spacial score (nSPS) is 34.2. The minimum Gasteiger partial charge on any atom is -0.300 e. The second kappa shape index (κ2) is 4.86. The first-order chi connectivity index (χ1) is 5.79. The topological polar surface area (TPSA) is 3.24 Å². The number of nitrogens with zero attached hydrogens (tertiary/aromatic N) is 1. The molecule has 2 unspecified atom stereocenters. The van der Waals surface area contributed by atoms with E-state index < -0.39 is 0 Å². The van der Waals surface area contributed by atoms with Gasteiger partial charge in [0.25, 0.3) is 0 Å². The molecule has 0 amide bonds. The summed E-state index contributed by atoms with van der Waals surface area (Å²) in [5, 5.41) is 0. The summed E-state index contributed by atoms with van der Waals surface area (Å²) in [6.07, 6.45) is 8.61. The third kappa shape index (κ3) is 2.22. The molecule has 2 aliphatic heterocycles. The van der Waals surface area contributed by atoms with E-state index in [1.54, 1.807) is 0 Å². The van der Waals surface area contributed by atoms with Crippen LogP contribution < -0.4 is 0 Å². The number of fused-ring (bicyclic) bond motifs is 2. The lowest BCUT2D eigenvalue weighted by Gasteiger charge is -2.30. The van der Waals surface area contributed by atoms with Crippen molar-refractivity contribution in [2.24, 2.45) is 0 Å². The molecule has 0 spiro atoms. The van der Waals surface area contributed by atoms with E-state index in [0.717, 1.165) is 12.1 Å². The molecule has 2 rings (SSSR count). The quantitative estimate of drug-likeness (QED) is 0.539. The molecule has 12 heavy (non-hydrogen) atoms. The third-order valence-electron chi connectivity index (χ3n) is 3.06. The van der Waals surface area contributed by atoms with Crippen molar-refractivity contribution in [2.45, 2.75) is 64.5 Å². The van der Waals surface area contributed by atoms with Gasteiger partial charge in [-0.05, 0) is 32.7 Å². The van der Waals surface area contributed by atoms with Gasteiger partial charge in [-0.25, -0.2) is 0 Å². The summed E-state index contributed by atoms with van der Waals surface area (Å²) in [6.45, 7) is 4.25. The maximum atomic E-state index is 2.59.